The number of Topliss-reactive ketones (excluding diaryl/α,β-unsaturated/α-hetero) is 1. The molecule has 0 unspecified atom stereocenters. The maximum absolute atomic E-state index is 12.1. The molecule has 4 rings (SSSR count). The summed E-state index contributed by atoms with van der Waals surface area (Å²) in [5.74, 6) is 3.77. The van der Waals surface area contributed by atoms with Gasteiger partial charge in [-0.15, -0.1) is 0 Å². The maximum atomic E-state index is 12.1. The summed E-state index contributed by atoms with van der Waals surface area (Å²) in [7, 11) is -1.72. The molecule has 160 valence electrons. The van der Waals surface area contributed by atoms with Gasteiger partial charge in [0.1, 0.15) is 5.78 Å². The van der Waals surface area contributed by atoms with E-state index < -0.39 is 8.32 Å². The Labute approximate surface area is 174 Å². The number of hydrogen-bond acceptors (Lipinski definition) is 2. The molecule has 2 nitrogen and oxygen atoms in total. The molecule has 4 fully saturated rings. The molecule has 4 aliphatic carbocycles. The zero-order valence-corrected chi connectivity index (χ0v) is 20.6. The zero-order chi connectivity index (χ0) is 20.5. The van der Waals surface area contributed by atoms with Gasteiger partial charge in [-0.1, -0.05) is 34.6 Å². The molecule has 0 N–H and O–H groups in total. The van der Waals surface area contributed by atoms with Crippen LogP contribution in [0.3, 0.4) is 0 Å². The van der Waals surface area contributed by atoms with E-state index in [1.165, 1.54) is 38.5 Å². The Morgan fingerprint density at radius 3 is 2.29 bits per heavy atom. The molecule has 0 bridgehead atoms. The lowest BCUT2D eigenvalue weighted by Gasteiger charge is -2.60. The molecule has 0 aliphatic heterocycles. The molecule has 28 heavy (non-hydrogen) atoms. The number of rotatable bonds is 2. The van der Waals surface area contributed by atoms with E-state index in [4.69, 9.17) is 4.43 Å². The van der Waals surface area contributed by atoms with Gasteiger partial charge in [0.05, 0.1) is 6.10 Å². The summed E-state index contributed by atoms with van der Waals surface area (Å²) in [6.07, 6.45) is 11.4. The fourth-order valence-corrected chi connectivity index (χ4v) is 9.18. The topological polar surface area (TPSA) is 26.3 Å². The van der Waals surface area contributed by atoms with E-state index in [9.17, 15) is 4.79 Å². The summed E-state index contributed by atoms with van der Waals surface area (Å²) >= 11 is 0. The SMILES string of the molecule is CC(C)(C)[Si](C)(C)O[C@H]1CC[C@@H]2[C@@H]3CC[C@H]4CC(=O)CC[C@]4(C)[C@H]3CC[C@]12C. The number of fused-ring (bicyclic) bond motifs is 5. The summed E-state index contributed by atoms with van der Waals surface area (Å²) in [5.41, 5.74) is 0.806. The average molecular weight is 405 g/mol. The van der Waals surface area contributed by atoms with Gasteiger partial charge in [0.15, 0.2) is 8.32 Å². The highest BCUT2D eigenvalue weighted by Crippen LogP contribution is 2.66. The molecule has 0 aromatic heterocycles. The Kier molecular flexibility index (Phi) is 5.03. The summed E-state index contributed by atoms with van der Waals surface area (Å²) in [6, 6.07) is 0. The van der Waals surface area contributed by atoms with Gasteiger partial charge < -0.3 is 4.43 Å². The van der Waals surface area contributed by atoms with Crippen LogP contribution in [0.5, 0.6) is 0 Å². The third-order valence-electron chi connectivity index (χ3n) is 10.6. The molecule has 0 aromatic rings. The predicted octanol–water partition coefficient (Wildman–Crippen LogP) is 6.99. The minimum absolute atomic E-state index is 0.290. The molecular formula is C25H44O2Si. The molecule has 0 radical (unpaired) electrons. The Morgan fingerprint density at radius 2 is 1.61 bits per heavy atom. The van der Waals surface area contributed by atoms with Crippen LogP contribution in [0.2, 0.25) is 18.1 Å². The quantitative estimate of drug-likeness (QED) is 0.464. The largest absolute Gasteiger partial charge is 0.413 e. The van der Waals surface area contributed by atoms with Crippen LogP contribution in [0.15, 0.2) is 0 Å². The van der Waals surface area contributed by atoms with Crippen LogP contribution in [-0.2, 0) is 9.22 Å². The lowest BCUT2D eigenvalue weighted by molar-refractivity contribution is -0.141. The van der Waals surface area contributed by atoms with Gasteiger partial charge >= 0.3 is 0 Å². The molecule has 0 heterocycles. The van der Waals surface area contributed by atoms with Crippen LogP contribution >= 0.6 is 0 Å². The highest BCUT2D eigenvalue weighted by molar-refractivity contribution is 6.74. The molecule has 3 heteroatoms. The summed E-state index contributed by atoms with van der Waals surface area (Å²) in [4.78, 5) is 12.1. The molecule has 7 atom stereocenters. The molecule has 4 aliphatic rings. The third-order valence-corrected chi connectivity index (χ3v) is 15.1. The van der Waals surface area contributed by atoms with Crippen molar-refractivity contribution in [1.82, 2.24) is 0 Å². The second-order valence-electron chi connectivity index (χ2n) is 12.9. The fourth-order valence-electron chi connectivity index (χ4n) is 7.72. The Hall–Kier alpha value is -0.153. The van der Waals surface area contributed by atoms with Crippen LogP contribution in [0.4, 0.5) is 0 Å². The van der Waals surface area contributed by atoms with E-state index in [2.05, 4.69) is 47.7 Å². The zero-order valence-electron chi connectivity index (χ0n) is 19.6. The minimum Gasteiger partial charge on any atom is -0.413 e. The first-order chi connectivity index (χ1) is 12.9. The van der Waals surface area contributed by atoms with Gasteiger partial charge in [-0.25, -0.2) is 0 Å². The Morgan fingerprint density at radius 1 is 0.929 bits per heavy atom. The van der Waals surface area contributed by atoms with Crippen molar-refractivity contribution in [2.24, 2.45) is 34.5 Å². The Balaban J connectivity index is 1.55. The second kappa shape index (κ2) is 6.67. The van der Waals surface area contributed by atoms with Gasteiger partial charge in [-0.2, -0.15) is 0 Å². The van der Waals surface area contributed by atoms with E-state index in [1.807, 2.05) is 0 Å². The third kappa shape index (κ3) is 3.09. The first-order valence-corrected chi connectivity index (χ1v) is 15.0. The monoisotopic (exact) mass is 404 g/mol. The number of carbonyl (C=O) groups excluding carboxylic acids is 1. The maximum Gasteiger partial charge on any atom is 0.192 e. The standard InChI is InChI=1S/C25H44O2Si/c1-23(2,3)28(6,7)27-22-11-10-20-19-9-8-17-16-18(26)12-14-24(17,4)21(19)13-15-25(20,22)5/h17,19-22H,8-16H2,1-7H3/t17-,19-,20+,21-,22-,24-,25-/m0/s1. The van der Waals surface area contributed by atoms with Crippen molar-refractivity contribution in [2.45, 2.75) is 117 Å². The molecule has 0 spiro atoms. The van der Waals surface area contributed by atoms with Crippen molar-refractivity contribution in [1.29, 1.82) is 0 Å². The van der Waals surface area contributed by atoms with Gasteiger partial charge in [-0.3, -0.25) is 4.79 Å². The van der Waals surface area contributed by atoms with Gasteiger partial charge in [0, 0.05) is 12.8 Å². The average Bonchev–Trinajstić information content (AvgIpc) is 2.91. The van der Waals surface area contributed by atoms with Crippen molar-refractivity contribution in [3.63, 3.8) is 0 Å². The number of hydrogen-bond donors (Lipinski definition) is 0. The van der Waals surface area contributed by atoms with Gasteiger partial charge in [0.25, 0.3) is 0 Å². The molecule has 0 aromatic carbocycles. The van der Waals surface area contributed by atoms with Crippen LogP contribution in [-0.4, -0.2) is 20.2 Å². The molecular weight excluding hydrogens is 360 g/mol. The van der Waals surface area contributed by atoms with Crippen molar-refractivity contribution < 1.29 is 9.22 Å². The summed E-state index contributed by atoms with van der Waals surface area (Å²) < 4.78 is 7.06. The van der Waals surface area contributed by atoms with Crippen LogP contribution < -0.4 is 0 Å². The van der Waals surface area contributed by atoms with Crippen LogP contribution in [0, 0.1) is 34.5 Å². The van der Waals surface area contributed by atoms with Crippen molar-refractivity contribution in [3.05, 3.63) is 0 Å². The second-order valence-corrected chi connectivity index (χ2v) is 17.6. The molecule has 4 saturated carbocycles. The fraction of sp³-hybridized carbons (Fsp3) is 0.960. The molecule has 0 amide bonds. The van der Waals surface area contributed by atoms with Crippen LogP contribution in [0.25, 0.3) is 0 Å². The van der Waals surface area contributed by atoms with Gasteiger partial charge in [0.2, 0.25) is 0 Å². The van der Waals surface area contributed by atoms with Crippen molar-refractivity contribution >= 4 is 14.1 Å². The normalized spacial score (nSPS) is 46.7. The van der Waals surface area contributed by atoms with E-state index >= 15 is 0 Å². The highest BCUT2D eigenvalue weighted by atomic mass is 28.4. The van der Waals surface area contributed by atoms with Crippen molar-refractivity contribution in [3.8, 4) is 0 Å². The van der Waals surface area contributed by atoms with Gasteiger partial charge in [-0.05, 0) is 97.6 Å². The predicted molar refractivity (Wildman–Crippen MR) is 119 cm³/mol. The Bertz CT molecular complexity index is 635. The first kappa shape index (κ1) is 21.1. The van der Waals surface area contributed by atoms with E-state index in [0.29, 0.717) is 33.7 Å². The van der Waals surface area contributed by atoms with E-state index in [-0.39, 0.29) is 0 Å². The number of carbonyl (C=O) groups is 1. The lowest BCUT2D eigenvalue weighted by Crippen LogP contribution is -2.55. The summed E-state index contributed by atoms with van der Waals surface area (Å²) in [6.45, 7) is 17.1. The lowest BCUT2D eigenvalue weighted by atomic mass is 9.45. The minimum atomic E-state index is -1.72. The van der Waals surface area contributed by atoms with Crippen LogP contribution in [0.1, 0.15) is 92.4 Å². The van der Waals surface area contributed by atoms with E-state index in [0.717, 1.165) is 37.0 Å². The highest BCUT2D eigenvalue weighted by Gasteiger charge is 2.61. The smallest absolute Gasteiger partial charge is 0.192 e. The van der Waals surface area contributed by atoms with E-state index in [1.54, 1.807) is 0 Å². The number of ketones is 1. The van der Waals surface area contributed by atoms with Crippen molar-refractivity contribution in [2.75, 3.05) is 0 Å². The molecule has 0 saturated heterocycles. The first-order valence-electron chi connectivity index (χ1n) is 12.1. The summed E-state index contributed by atoms with van der Waals surface area (Å²) in [5, 5.41) is 0.290.